The number of nitrogens with one attached hydrogen (secondary N) is 1. The van der Waals surface area contributed by atoms with Gasteiger partial charge >= 0.3 is 0 Å². The monoisotopic (exact) mass is 444 g/mol. The van der Waals surface area contributed by atoms with Crippen LogP contribution in [0, 0.1) is 16.7 Å². The lowest BCUT2D eigenvalue weighted by molar-refractivity contribution is 0.134. The number of benzene rings is 2. The van der Waals surface area contributed by atoms with Gasteiger partial charge in [-0.15, -0.1) is 0 Å². The topological polar surface area (TPSA) is 83.4 Å². The van der Waals surface area contributed by atoms with Crippen LogP contribution in [-0.2, 0) is 6.54 Å². The molecule has 0 amide bonds. The number of halogens is 1. The molecule has 3 N–H and O–H groups in total. The highest BCUT2D eigenvalue weighted by molar-refractivity contribution is 5.80. The maximum Gasteiger partial charge on any atom is 0.134 e. The number of fused-ring (bicyclic) bond motifs is 3. The minimum Gasteiger partial charge on any atom is -0.368 e. The second-order valence-corrected chi connectivity index (χ2v) is 9.32. The van der Waals surface area contributed by atoms with Crippen molar-refractivity contribution < 1.29 is 4.39 Å². The van der Waals surface area contributed by atoms with Crippen molar-refractivity contribution in [3.8, 4) is 6.07 Å². The quantitative estimate of drug-likeness (QED) is 0.706. The van der Waals surface area contributed by atoms with Crippen LogP contribution in [0.4, 0.5) is 15.8 Å². The van der Waals surface area contributed by atoms with Crippen molar-refractivity contribution in [2.75, 3.05) is 36.0 Å². The number of nitriles is 1. The third kappa shape index (κ3) is 3.90. The van der Waals surface area contributed by atoms with E-state index in [9.17, 15) is 9.65 Å². The normalized spacial score (nSPS) is 27.0. The smallest absolute Gasteiger partial charge is 0.134 e. The van der Waals surface area contributed by atoms with Crippen molar-refractivity contribution in [2.45, 2.75) is 37.8 Å². The first kappa shape index (κ1) is 21.6. The fraction of sp³-hybridized carbons (Fsp3) is 0.385. The molecule has 6 nitrogen and oxygen atoms in total. The molecule has 0 aromatic heterocycles. The summed E-state index contributed by atoms with van der Waals surface area (Å²) in [4.78, 5) is 7.00. The van der Waals surface area contributed by atoms with Crippen molar-refractivity contribution in [3.63, 3.8) is 0 Å². The molecule has 0 radical (unpaired) electrons. The molecule has 2 aromatic rings. The molecule has 3 heterocycles. The first-order valence-corrected chi connectivity index (χ1v) is 11.5. The largest absolute Gasteiger partial charge is 0.368 e. The summed E-state index contributed by atoms with van der Waals surface area (Å²) in [7, 11) is 0. The molecule has 5 rings (SSSR count). The van der Waals surface area contributed by atoms with E-state index in [0.717, 1.165) is 36.6 Å². The SMILES string of the molecule is C[C@@H]1CN(c2ccc(C#N)cc2/C=C\C=N)C[C@@H]2c3ccc(N4C[C@H](N)[C@@H](F)C4)cc3CN12. The van der Waals surface area contributed by atoms with Crippen LogP contribution in [0.25, 0.3) is 6.08 Å². The maximum absolute atomic E-state index is 14.0. The third-order valence-corrected chi connectivity index (χ3v) is 7.21. The first-order valence-electron chi connectivity index (χ1n) is 11.5. The summed E-state index contributed by atoms with van der Waals surface area (Å²) in [5.41, 5.74) is 12.3. The fourth-order valence-corrected chi connectivity index (χ4v) is 5.50. The Labute approximate surface area is 194 Å². The molecule has 0 bridgehead atoms. The minimum absolute atomic E-state index is 0.280. The number of hydrogen-bond acceptors (Lipinski definition) is 6. The maximum atomic E-state index is 14.0. The van der Waals surface area contributed by atoms with E-state index >= 15 is 0 Å². The number of rotatable bonds is 4. The number of hydrogen-bond donors (Lipinski definition) is 2. The second kappa shape index (κ2) is 8.62. The summed E-state index contributed by atoms with van der Waals surface area (Å²) in [6, 6.07) is 14.7. The zero-order valence-corrected chi connectivity index (χ0v) is 18.8. The Morgan fingerprint density at radius 2 is 1.97 bits per heavy atom. The summed E-state index contributed by atoms with van der Waals surface area (Å²) in [5, 5.41) is 16.7. The van der Waals surface area contributed by atoms with E-state index in [1.54, 1.807) is 6.08 Å². The van der Waals surface area contributed by atoms with Gasteiger partial charge in [0, 0.05) is 49.8 Å². The molecule has 2 fully saturated rings. The number of piperazine rings is 1. The number of alkyl halides is 1. The molecule has 3 aliphatic heterocycles. The van der Waals surface area contributed by atoms with Crippen LogP contribution in [0.3, 0.4) is 0 Å². The van der Waals surface area contributed by atoms with Crippen LogP contribution in [0.15, 0.2) is 42.5 Å². The Balaban J connectivity index is 1.43. The lowest BCUT2D eigenvalue weighted by Gasteiger charge is -2.44. The molecule has 0 unspecified atom stereocenters. The highest BCUT2D eigenvalue weighted by Gasteiger charge is 2.40. The van der Waals surface area contributed by atoms with E-state index in [0.29, 0.717) is 24.7 Å². The lowest BCUT2D eigenvalue weighted by atomic mass is 9.99. The number of anilines is 2. The molecule has 7 heteroatoms. The Morgan fingerprint density at radius 1 is 1.12 bits per heavy atom. The van der Waals surface area contributed by atoms with Gasteiger partial charge in [-0.3, -0.25) is 4.90 Å². The van der Waals surface area contributed by atoms with Gasteiger partial charge in [0.15, 0.2) is 0 Å². The van der Waals surface area contributed by atoms with Crippen LogP contribution in [-0.4, -0.2) is 55.5 Å². The van der Waals surface area contributed by atoms with Gasteiger partial charge in [0.2, 0.25) is 0 Å². The van der Waals surface area contributed by atoms with Gasteiger partial charge in [0.1, 0.15) is 6.17 Å². The van der Waals surface area contributed by atoms with E-state index in [-0.39, 0.29) is 6.04 Å². The molecular weight excluding hydrogens is 415 g/mol. The van der Waals surface area contributed by atoms with E-state index in [1.807, 2.05) is 24.3 Å². The van der Waals surface area contributed by atoms with Gasteiger partial charge in [0.25, 0.3) is 0 Å². The minimum atomic E-state index is -0.971. The fourth-order valence-electron chi connectivity index (χ4n) is 5.50. The predicted octanol–water partition coefficient (Wildman–Crippen LogP) is 3.47. The summed E-state index contributed by atoms with van der Waals surface area (Å²) in [6.07, 6.45) is 3.88. The second-order valence-electron chi connectivity index (χ2n) is 9.32. The van der Waals surface area contributed by atoms with Crippen molar-refractivity contribution in [1.29, 1.82) is 10.7 Å². The van der Waals surface area contributed by atoms with E-state index < -0.39 is 12.2 Å². The molecule has 170 valence electrons. The van der Waals surface area contributed by atoms with E-state index in [2.05, 4.69) is 45.9 Å². The van der Waals surface area contributed by atoms with Crippen LogP contribution in [0.2, 0.25) is 0 Å². The average molecular weight is 445 g/mol. The highest BCUT2D eigenvalue weighted by atomic mass is 19.1. The van der Waals surface area contributed by atoms with Gasteiger partial charge < -0.3 is 20.9 Å². The van der Waals surface area contributed by atoms with Crippen LogP contribution in [0.5, 0.6) is 0 Å². The molecule has 2 saturated heterocycles. The molecule has 0 aliphatic carbocycles. The predicted molar refractivity (Wildman–Crippen MR) is 130 cm³/mol. The summed E-state index contributed by atoms with van der Waals surface area (Å²) in [5.74, 6) is 0. The molecular formula is C26H29FN6. The van der Waals surface area contributed by atoms with Gasteiger partial charge in [-0.25, -0.2) is 4.39 Å². The molecule has 4 atom stereocenters. The average Bonchev–Trinajstić information content (AvgIpc) is 3.36. The molecule has 0 spiro atoms. The van der Waals surface area contributed by atoms with Crippen LogP contribution < -0.4 is 15.5 Å². The van der Waals surface area contributed by atoms with Gasteiger partial charge in [-0.1, -0.05) is 12.1 Å². The third-order valence-electron chi connectivity index (χ3n) is 7.21. The Morgan fingerprint density at radius 3 is 2.70 bits per heavy atom. The van der Waals surface area contributed by atoms with E-state index in [1.165, 1.54) is 17.3 Å². The van der Waals surface area contributed by atoms with Gasteiger partial charge in [-0.05, 0) is 60.0 Å². The highest BCUT2D eigenvalue weighted by Crippen LogP contribution is 2.42. The summed E-state index contributed by atoms with van der Waals surface area (Å²) >= 11 is 0. The summed E-state index contributed by atoms with van der Waals surface area (Å²) < 4.78 is 14.0. The molecule has 2 aromatic carbocycles. The van der Waals surface area contributed by atoms with Crippen molar-refractivity contribution in [2.24, 2.45) is 5.73 Å². The van der Waals surface area contributed by atoms with Crippen molar-refractivity contribution in [1.82, 2.24) is 4.90 Å². The number of allylic oxidation sites excluding steroid dienone is 1. The first-order chi connectivity index (χ1) is 16.0. The van der Waals surface area contributed by atoms with Crippen LogP contribution >= 0.6 is 0 Å². The van der Waals surface area contributed by atoms with Crippen molar-refractivity contribution in [3.05, 3.63) is 64.7 Å². The molecule has 0 saturated carbocycles. The molecule has 3 aliphatic rings. The Bertz CT molecular complexity index is 1130. The van der Waals surface area contributed by atoms with Crippen molar-refractivity contribution >= 4 is 23.7 Å². The number of nitrogens with zero attached hydrogens (tertiary/aromatic N) is 4. The Hall–Kier alpha value is -3.21. The number of nitrogens with two attached hydrogens (primary N) is 1. The van der Waals surface area contributed by atoms with Crippen LogP contribution in [0.1, 0.15) is 35.2 Å². The van der Waals surface area contributed by atoms with Gasteiger partial charge in [-0.2, -0.15) is 5.26 Å². The van der Waals surface area contributed by atoms with E-state index in [4.69, 9.17) is 11.1 Å². The molecule has 33 heavy (non-hydrogen) atoms. The zero-order chi connectivity index (χ0) is 23.1. The van der Waals surface area contributed by atoms with Gasteiger partial charge in [0.05, 0.1) is 30.3 Å². The summed E-state index contributed by atoms with van der Waals surface area (Å²) in [6.45, 7) is 5.82. The Kier molecular flexibility index (Phi) is 5.65. The standard InChI is InChI=1S/C26H29FN6/c1-17-12-32(25-7-4-18(11-29)9-19(25)3-2-8-28)16-26-22-6-5-21(10-20(22)13-33(17)26)31-14-23(27)24(30)15-31/h2-10,17,23-24,26,28H,12-16,30H2,1H3/b3-2-,28-8?/t17-,23+,24+,26-/m1/s1. The zero-order valence-electron chi connectivity index (χ0n) is 18.8. The lowest BCUT2D eigenvalue weighted by Crippen LogP contribution is -2.51.